The Morgan fingerprint density at radius 1 is 1.21 bits per heavy atom. The molecule has 0 amide bonds. The number of nitrogens with two attached hydrogens (primary N) is 1. The fraction of sp³-hybridized carbons (Fsp3) is 0.714. The number of aryl methyl sites for hydroxylation is 1. The van der Waals surface area contributed by atoms with Gasteiger partial charge in [-0.05, 0) is 46.7 Å². The molecule has 1 aliphatic rings. The quantitative estimate of drug-likeness (QED) is 0.869. The molecule has 1 aromatic heterocycles. The molecule has 0 spiro atoms. The zero-order valence-electron chi connectivity index (χ0n) is 12.2. The van der Waals surface area contributed by atoms with E-state index in [0.29, 0.717) is 11.9 Å². The van der Waals surface area contributed by atoms with Gasteiger partial charge in [0, 0.05) is 18.2 Å². The molecule has 1 atom stereocenters. The molecular formula is C14H25N5. The summed E-state index contributed by atoms with van der Waals surface area (Å²) in [4.78, 5) is 11.1. The average molecular weight is 263 g/mol. The van der Waals surface area contributed by atoms with Gasteiger partial charge in [0.25, 0.3) is 0 Å². The van der Waals surface area contributed by atoms with E-state index in [-0.39, 0.29) is 0 Å². The summed E-state index contributed by atoms with van der Waals surface area (Å²) < 4.78 is 0. The minimum Gasteiger partial charge on any atom is -0.383 e. The molecule has 5 nitrogen and oxygen atoms in total. The van der Waals surface area contributed by atoms with E-state index in [1.165, 1.54) is 32.4 Å². The third-order valence-corrected chi connectivity index (χ3v) is 3.66. The summed E-state index contributed by atoms with van der Waals surface area (Å²) in [5.74, 6) is 2.16. The van der Waals surface area contributed by atoms with E-state index >= 15 is 0 Å². The smallest absolute Gasteiger partial charge is 0.135 e. The fourth-order valence-corrected chi connectivity index (χ4v) is 2.60. The number of likely N-dealkylation sites (tertiary alicyclic amines) is 1. The second-order valence-electron chi connectivity index (χ2n) is 5.54. The summed E-state index contributed by atoms with van der Waals surface area (Å²) in [6.07, 6.45) is 4.02. The highest BCUT2D eigenvalue weighted by atomic mass is 15.2. The number of anilines is 2. The van der Waals surface area contributed by atoms with Crippen LogP contribution in [0.15, 0.2) is 0 Å². The molecule has 0 radical (unpaired) electrons. The van der Waals surface area contributed by atoms with Gasteiger partial charge in [0.15, 0.2) is 0 Å². The first-order valence-electron chi connectivity index (χ1n) is 7.16. The van der Waals surface area contributed by atoms with Crippen LogP contribution in [-0.4, -0.2) is 40.5 Å². The number of hydrogen-bond donors (Lipinski definition) is 2. The van der Waals surface area contributed by atoms with Crippen molar-refractivity contribution in [3.8, 4) is 0 Å². The van der Waals surface area contributed by atoms with Crippen molar-refractivity contribution < 1.29 is 0 Å². The van der Waals surface area contributed by atoms with Crippen molar-refractivity contribution >= 4 is 11.6 Å². The summed E-state index contributed by atoms with van der Waals surface area (Å²) in [7, 11) is 0. The van der Waals surface area contributed by atoms with E-state index in [2.05, 4.69) is 27.1 Å². The molecule has 1 saturated heterocycles. The number of nitrogens with one attached hydrogen (secondary N) is 1. The van der Waals surface area contributed by atoms with Crippen LogP contribution in [0.5, 0.6) is 0 Å². The summed E-state index contributed by atoms with van der Waals surface area (Å²) in [5.41, 5.74) is 6.82. The molecule has 0 saturated carbocycles. The Labute approximate surface area is 115 Å². The third-order valence-electron chi connectivity index (χ3n) is 3.66. The minimum absolute atomic E-state index is 0.366. The Hall–Kier alpha value is -1.36. The lowest BCUT2D eigenvalue weighted by molar-refractivity contribution is 0.223. The number of nitrogen functional groups attached to an aromatic ring is 1. The largest absolute Gasteiger partial charge is 0.383 e. The van der Waals surface area contributed by atoms with Gasteiger partial charge in [0.1, 0.15) is 17.5 Å². The molecule has 1 fully saturated rings. The van der Waals surface area contributed by atoms with Crippen LogP contribution in [0.3, 0.4) is 0 Å². The van der Waals surface area contributed by atoms with Crippen molar-refractivity contribution in [1.29, 1.82) is 0 Å². The van der Waals surface area contributed by atoms with Crippen LogP contribution in [0.1, 0.15) is 37.6 Å². The predicted molar refractivity (Wildman–Crippen MR) is 79.3 cm³/mol. The highest BCUT2D eigenvalue weighted by molar-refractivity contribution is 5.55. The minimum atomic E-state index is 0.366. The van der Waals surface area contributed by atoms with Crippen molar-refractivity contribution in [3.63, 3.8) is 0 Å². The standard InChI is InChI=1S/C14H25N5/c1-10(9-19-7-5-4-6-8-19)16-14-11(2)13(15)17-12(3)18-14/h10H,4-9H2,1-3H3,(H3,15,16,17,18). The van der Waals surface area contributed by atoms with Gasteiger partial charge in [-0.25, -0.2) is 9.97 Å². The van der Waals surface area contributed by atoms with Crippen molar-refractivity contribution in [1.82, 2.24) is 14.9 Å². The van der Waals surface area contributed by atoms with Crippen molar-refractivity contribution in [2.45, 2.75) is 46.1 Å². The summed E-state index contributed by atoms with van der Waals surface area (Å²) in [5, 5.41) is 3.47. The van der Waals surface area contributed by atoms with Crippen LogP contribution in [0.25, 0.3) is 0 Å². The van der Waals surface area contributed by atoms with Gasteiger partial charge < -0.3 is 16.0 Å². The van der Waals surface area contributed by atoms with Crippen molar-refractivity contribution in [3.05, 3.63) is 11.4 Å². The number of piperidine rings is 1. The van der Waals surface area contributed by atoms with Gasteiger partial charge in [0.05, 0.1) is 0 Å². The van der Waals surface area contributed by atoms with Crippen LogP contribution in [0, 0.1) is 13.8 Å². The zero-order chi connectivity index (χ0) is 13.8. The number of aromatic nitrogens is 2. The molecule has 19 heavy (non-hydrogen) atoms. The van der Waals surface area contributed by atoms with E-state index in [0.717, 1.165) is 23.8 Å². The molecule has 3 N–H and O–H groups in total. The SMILES string of the molecule is Cc1nc(N)c(C)c(NC(C)CN2CCCCC2)n1. The van der Waals surface area contributed by atoms with Crippen LogP contribution >= 0.6 is 0 Å². The van der Waals surface area contributed by atoms with Gasteiger partial charge >= 0.3 is 0 Å². The van der Waals surface area contributed by atoms with Crippen LogP contribution in [-0.2, 0) is 0 Å². The summed E-state index contributed by atoms with van der Waals surface area (Å²) in [6, 6.07) is 0.366. The van der Waals surface area contributed by atoms with Gasteiger partial charge in [-0.3, -0.25) is 0 Å². The second-order valence-corrected chi connectivity index (χ2v) is 5.54. The second kappa shape index (κ2) is 6.19. The van der Waals surface area contributed by atoms with E-state index < -0.39 is 0 Å². The molecule has 106 valence electrons. The summed E-state index contributed by atoms with van der Waals surface area (Å²) >= 11 is 0. The van der Waals surface area contributed by atoms with Crippen molar-refractivity contribution in [2.75, 3.05) is 30.7 Å². The van der Waals surface area contributed by atoms with E-state index in [4.69, 9.17) is 5.73 Å². The van der Waals surface area contributed by atoms with Crippen LogP contribution in [0.2, 0.25) is 0 Å². The van der Waals surface area contributed by atoms with Gasteiger partial charge in [-0.15, -0.1) is 0 Å². The first-order chi connectivity index (χ1) is 9.06. The number of hydrogen-bond acceptors (Lipinski definition) is 5. The molecule has 0 bridgehead atoms. The molecule has 2 rings (SSSR count). The first-order valence-corrected chi connectivity index (χ1v) is 7.16. The first kappa shape index (κ1) is 14.1. The molecule has 2 heterocycles. The van der Waals surface area contributed by atoms with E-state index in [1.54, 1.807) is 0 Å². The third kappa shape index (κ3) is 3.80. The lowest BCUT2D eigenvalue weighted by Crippen LogP contribution is -2.38. The van der Waals surface area contributed by atoms with Crippen LogP contribution < -0.4 is 11.1 Å². The Morgan fingerprint density at radius 3 is 2.58 bits per heavy atom. The molecule has 5 heteroatoms. The molecule has 1 aliphatic heterocycles. The van der Waals surface area contributed by atoms with Crippen molar-refractivity contribution in [2.24, 2.45) is 0 Å². The topological polar surface area (TPSA) is 67.1 Å². The predicted octanol–water partition coefficient (Wildman–Crippen LogP) is 1.96. The Bertz CT molecular complexity index is 426. The van der Waals surface area contributed by atoms with E-state index in [9.17, 15) is 0 Å². The Kier molecular flexibility index (Phi) is 4.58. The maximum Gasteiger partial charge on any atom is 0.135 e. The average Bonchev–Trinajstić information content (AvgIpc) is 2.36. The zero-order valence-corrected chi connectivity index (χ0v) is 12.2. The molecule has 1 unspecified atom stereocenters. The molecular weight excluding hydrogens is 238 g/mol. The number of rotatable bonds is 4. The Balaban J connectivity index is 1.96. The molecule has 0 aliphatic carbocycles. The lowest BCUT2D eigenvalue weighted by Gasteiger charge is -2.29. The fourth-order valence-electron chi connectivity index (χ4n) is 2.60. The normalized spacial score (nSPS) is 18.3. The van der Waals surface area contributed by atoms with Crippen LogP contribution in [0.4, 0.5) is 11.6 Å². The summed E-state index contributed by atoms with van der Waals surface area (Å²) in [6.45, 7) is 9.52. The van der Waals surface area contributed by atoms with E-state index in [1.807, 2.05) is 13.8 Å². The maximum atomic E-state index is 5.88. The Morgan fingerprint density at radius 2 is 1.89 bits per heavy atom. The highest BCUT2D eigenvalue weighted by Crippen LogP contribution is 2.18. The lowest BCUT2D eigenvalue weighted by atomic mass is 10.1. The highest BCUT2D eigenvalue weighted by Gasteiger charge is 2.15. The molecule has 0 aromatic carbocycles. The molecule has 1 aromatic rings. The monoisotopic (exact) mass is 263 g/mol. The van der Waals surface area contributed by atoms with Gasteiger partial charge in [-0.2, -0.15) is 0 Å². The van der Waals surface area contributed by atoms with Gasteiger partial charge in [-0.1, -0.05) is 6.42 Å². The van der Waals surface area contributed by atoms with Gasteiger partial charge in [0.2, 0.25) is 0 Å². The maximum absolute atomic E-state index is 5.88. The number of nitrogens with zero attached hydrogens (tertiary/aromatic N) is 3.